The fourth-order valence-electron chi connectivity index (χ4n) is 1.61. The number of hydrogen-bond donors (Lipinski definition) is 2. The van der Waals surface area contributed by atoms with Crippen LogP contribution in [0, 0.1) is 20.8 Å². The summed E-state index contributed by atoms with van der Waals surface area (Å²) >= 11 is 0. The minimum absolute atomic E-state index is 0.637. The number of nitrogens with one attached hydrogen (secondary N) is 2. The number of oxazole rings is 1. The molecule has 16 heavy (non-hydrogen) atoms. The first-order valence-corrected chi connectivity index (χ1v) is 5.29. The molecular weight excluding hydrogens is 204 g/mol. The predicted molar refractivity (Wildman–Crippen MR) is 59.8 cm³/mol. The van der Waals surface area contributed by atoms with Gasteiger partial charge in [-0.05, 0) is 20.8 Å². The van der Waals surface area contributed by atoms with Crippen LogP contribution in [0.25, 0.3) is 0 Å². The van der Waals surface area contributed by atoms with Crippen molar-refractivity contribution in [3.8, 4) is 0 Å². The molecule has 0 aliphatic rings. The van der Waals surface area contributed by atoms with Gasteiger partial charge in [-0.2, -0.15) is 5.10 Å². The minimum atomic E-state index is 0.637. The van der Waals surface area contributed by atoms with Crippen molar-refractivity contribution in [3.05, 3.63) is 34.8 Å². The van der Waals surface area contributed by atoms with E-state index in [0.29, 0.717) is 6.54 Å². The molecule has 5 nitrogen and oxygen atoms in total. The molecule has 2 rings (SSSR count). The highest BCUT2D eigenvalue weighted by Gasteiger charge is 2.06. The van der Waals surface area contributed by atoms with E-state index in [4.69, 9.17) is 4.42 Å². The van der Waals surface area contributed by atoms with Crippen LogP contribution in [0.4, 0.5) is 0 Å². The summed E-state index contributed by atoms with van der Waals surface area (Å²) in [6, 6.07) is 0. The molecule has 86 valence electrons. The standard InChI is InChI=1S/C11H16N4O/c1-7-4-13-11(16-7)6-12-5-10-8(2)14-15-9(10)3/h4,12H,5-6H2,1-3H3,(H,14,15). The molecule has 2 aromatic heterocycles. The van der Waals surface area contributed by atoms with E-state index in [2.05, 4.69) is 20.5 Å². The normalized spacial score (nSPS) is 10.9. The van der Waals surface area contributed by atoms with Crippen LogP contribution < -0.4 is 5.32 Å². The Kier molecular flexibility index (Phi) is 3.05. The topological polar surface area (TPSA) is 66.7 Å². The van der Waals surface area contributed by atoms with Crippen molar-refractivity contribution in [2.75, 3.05) is 0 Å². The van der Waals surface area contributed by atoms with E-state index in [-0.39, 0.29) is 0 Å². The van der Waals surface area contributed by atoms with Gasteiger partial charge in [0.05, 0.1) is 18.4 Å². The molecule has 0 unspecified atom stereocenters. The molecule has 0 aliphatic heterocycles. The molecule has 0 radical (unpaired) electrons. The van der Waals surface area contributed by atoms with Gasteiger partial charge < -0.3 is 9.73 Å². The van der Waals surface area contributed by atoms with Crippen molar-refractivity contribution in [1.82, 2.24) is 20.5 Å². The van der Waals surface area contributed by atoms with E-state index in [0.717, 1.165) is 29.6 Å². The second-order valence-corrected chi connectivity index (χ2v) is 3.88. The summed E-state index contributed by atoms with van der Waals surface area (Å²) in [7, 11) is 0. The third-order valence-electron chi connectivity index (χ3n) is 2.53. The minimum Gasteiger partial charge on any atom is -0.445 e. The summed E-state index contributed by atoms with van der Waals surface area (Å²) in [6.07, 6.45) is 1.73. The number of rotatable bonds is 4. The second-order valence-electron chi connectivity index (χ2n) is 3.88. The Balaban J connectivity index is 1.89. The van der Waals surface area contributed by atoms with Gasteiger partial charge in [0.25, 0.3) is 0 Å². The van der Waals surface area contributed by atoms with E-state index in [1.807, 2.05) is 20.8 Å². The van der Waals surface area contributed by atoms with Crippen molar-refractivity contribution >= 4 is 0 Å². The molecule has 0 amide bonds. The van der Waals surface area contributed by atoms with E-state index in [1.165, 1.54) is 5.56 Å². The summed E-state index contributed by atoms with van der Waals surface area (Å²) in [5.41, 5.74) is 3.35. The molecule has 0 aliphatic carbocycles. The predicted octanol–water partition coefficient (Wildman–Crippen LogP) is 1.61. The molecular formula is C11H16N4O. The van der Waals surface area contributed by atoms with Crippen molar-refractivity contribution in [2.24, 2.45) is 0 Å². The number of nitrogens with zero attached hydrogens (tertiary/aromatic N) is 2. The average Bonchev–Trinajstić information content (AvgIpc) is 2.78. The molecule has 0 atom stereocenters. The molecule has 0 saturated carbocycles. The van der Waals surface area contributed by atoms with Gasteiger partial charge in [0, 0.05) is 17.8 Å². The lowest BCUT2D eigenvalue weighted by Crippen LogP contribution is -2.13. The van der Waals surface area contributed by atoms with Crippen LogP contribution >= 0.6 is 0 Å². The Hall–Kier alpha value is -1.62. The molecule has 2 aromatic rings. The maximum atomic E-state index is 5.37. The van der Waals surface area contributed by atoms with Crippen molar-refractivity contribution < 1.29 is 4.42 Å². The second kappa shape index (κ2) is 4.49. The molecule has 0 saturated heterocycles. The smallest absolute Gasteiger partial charge is 0.208 e. The lowest BCUT2D eigenvalue weighted by molar-refractivity contribution is 0.449. The summed E-state index contributed by atoms with van der Waals surface area (Å²) in [5.74, 6) is 1.56. The maximum absolute atomic E-state index is 5.37. The van der Waals surface area contributed by atoms with Crippen LogP contribution in [0.3, 0.4) is 0 Å². The van der Waals surface area contributed by atoms with E-state index in [1.54, 1.807) is 6.20 Å². The SMILES string of the molecule is Cc1cnc(CNCc2c(C)n[nH]c2C)o1. The first kappa shape index (κ1) is 10.9. The lowest BCUT2D eigenvalue weighted by Gasteiger charge is -2.02. The Labute approximate surface area is 94.3 Å². The van der Waals surface area contributed by atoms with Crippen LogP contribution in [0.1, 0.15) is 28.6 Å². The third-order valence-corrected chi connectivity index (χ3v) is 2.53. The Bertz CT molecular complexity index is 453. The zero-order chi connectivity index (χ0) is 11.5. The summed E-state index contributed by atoms with van der Waals surface area (Å²) in [6.45, 7) is 7.32. The molecule has 0 bridgehead atoms. The zero-order valence-corrected chi connectivity index (χ0v) is 9.79. The lowest BCUT2D eigenvalue weighted by atomic mass is 10.2. The van der Waals surface area contributed by atoms with E-state index < -0.39 is 0 Å². The fraction of sp³-hybridized carbons (Fsp3) is 0.455. The summed E-state index contributed by atoms with van der Waals surface area (Å²) in [5, 5.41) is 10.4. The third kappa shape index (κ3) is 2.30. The van der Waals surface area contributed by atoms with E-state index in [9.17, 15) is 0 Å². The monoisotopic (exact) mass is 220 g/mol. The summed E-state index contributed by atoms with van der Waals surface area (Å²) in [4.78, 5) is 4.13. The van der Waals surface area contributed by atoms with Crippen molar-refractivity contribution in [1.29, 1.82) is 0 Å². The molecule has 0 fully saturated rings. The largest absolute Gasteiger partial charge is 0.445 e. The first-order chi connectivity index (χ1) is 7.66. The number of aryl methyl sites for hydroxylation is 3. The van der Waals surface area contributed by atoms with Gasteiger partial charge in [-0.3, -0.25) is 5.10 Å². The van der Waals surface area contributed by atoms with Crippen LogP contribution in [-0.4, -0.2) is 15.2 Å². The Morgan fingerprint density at radius 3 is 2.69 bits per heavy atom. The molecule has 2 N–H and O–H groups in total. The summed E-state index contributed by atoms with van der Waals surface area (Å²) < 4.78 is 5.37. The highest BCUT2D eigenvalue weighted by atomic mass is 16.4. The van der Waals surface area contributed by atoms with E-state index >= 15 is 0 Å². The van der Waals surface area contributed by atoms with Crippen LogP contribution in [0.2, 0.25) is 0 Å². The maximum Gasteiger partial charge on any atom is 0.208 e. The van der Waals surface area contributed by atoms with Gasteiger partial charge in [0.1, 0.15) is 5.76 Å². The van der Waals surface area contributed by atoms with Crippen molar-refractivity contribution in [2.45, 2.75) is 33.9 Å². The Morgan fingerprint density at radius 2 is 2.12 bits per heavy atom. The van der Waals surface area contributed by atoms with Crippen LogP contribution in [0.15, 0.2) is 10.6 Å². The van der Waals surface area contributed by atoms with Gasteiger partial charge in [0.15, 0.2) is 0 Å². The van der Waals surface area contributed by atoms with Gasteiger partial charge in [-0.1, -0.05) is 0 Å². The highest BCUT2D eigenvalue weighted by molar-refractivity contribution is 5.22. The van der Waals surface area contributed by atoms with Gasteiger partial charge in [-0.25, -0.2) is 4.98 Å². The van der Waals surface area contributed by atoms with Gasteiger partial charge in [0.2, 0.25) is 5.89 Å². The quantitative estimate of drug-likeness (QED) is 0.821. The highest BCUT2D eigenvalue weighted by Crippen LogP contribution is 2.09. The fourth-order valence-corrected chi connectivity index (χ4v) is 1.61. The number of aromatic amines is 1. The molecule has 5 heteroatoms. The first-order valence-electron chi connectivity index (χ1n) is 5.29. The molecule has 0 aromatic carbocycles. The zero-order valence-electron chi connectivity index (χ0n) is 9.79. The number of aromatic nitrogens is 3. The van der Waals surface area contributed by atoms with Gasteiger partial charge >= 0.3 is 0 Å². The average molecular weight is 220 g/mol. The van der Waals surface area contributed by atoms with Gasteiger partial charge in [-0.15, -0.1) is 0 Å². The number of H-pyrrole nitrogens is 1. The van der Waals surface area contributed by atoms with Crippen LogP contribution in [0.5, 0.6) is 0 Å². The number of hydrogen-bond acceptors (Lipinski definition) is 4. The Morgan fingerprint density at radius 1 is 1.31 bits per heavy atom. The van der Waals surface area contributed by atoms with Crippen molar-refractivity contribution in [3.63, 3.8) is 0 Å². The molecule has 2 heterocycles. The molecule has 0 spiro atoms. The van der Waals surface area contributed by atoms with Crippen LogP contribution in [-0.2, 0) is 13.1 Å².